The molecule has 10 heteroatoms. The number of nitrogens with zero attached hydrogens (tertiary/aromatic N) is 3. The van der Waals surface area contributed by atoms with E-state index in [1.54, 1.807) is 4.68 Å². The van der Waals surface area contributed by atoms with Crippen LogP contribution >= 0.6 is 0 Å². The molecule has 3 rings (SSSR count). The maximum Gasteiger partial charge on any atom is 0.111 e. The van der Waals surface area contributed by atoms with Gasteiger partial charge in [0.15, 0.2) is 0 Å². The second-order valence-electron chi connectivity index (χ2n) is 7.02. The van der Waals surface area contributed by atoms with E-state index in [2.05, 4.69) is 15.3 Å². The van der Waals surface area contributed by atoms with E-state index < -0.39 is 37.1 Å². The molecule has 10 nitrogen and oxygen atoms in total. The highest BCUT2D eigenvalue weighted by Crippen LogP contribution is 2.24. The predicted octanol–water partition coefficient (Wildman–Crippen LogP) is -0.816. The number of hydrogen-bond acceptors (Lipinski definition) is 8. The summed E-state index contributed by atoms with van der Waals surface area (Å²) in [6.45, 7) is 1.10. The summed E-state index contributed by atoms with van der Waals surface area (Å²) < 4.78 is 12.8. The Labute approximate surface area is 162 Å². The number of nitrogens with one attached hydrogen (secondary N) is 1. The van der Waals surface area contributed by atoms with Gasteiger partial charge in [-0.2, -0.15) is 0 Å². The van der Waals surface area contributed by atoms with Crippen LogP contribution in [-0.2, 0) is 22.6 Å². The van der Waals surface area contributed by atoms with Gasteiger partial charge in [0.25, 0.3) is 0 Å². The Bertz CT molecular complexity index is 692. The normalized spacial score (nSPS) is 27.9. The summed E-state index contributed by atoms with van der Waals surface area (Å²) in [6, 6.07) is 3.91. The van der Waals surface area contributed by atoms with Crippen molar-refractivity contribution in [3.63, 3.8) is 0 Å². The van der Waals surface area contributed by atoms with Crippen LogP contribution < -0.4 is 0 Å². The molecule has 3 heterocycles. The van der Waals surface area contributed by atoms with E-state index >= 15 is 0 Å². The first-order valence-electron chi connectivity index (χ1n) is 9.48. The zero-order chi connectivity index (χ0) is 19.9. The van der Waals surface area contributed by atoms with Crippen molar-refractivity contribution in [2.24, 2.45) is 0 Å². The highest BCUT2D eigenvalue weighted by Gasteiger charge is 2.42. The minimum atomic E-state index is -1.32. The molecule has 2 aromatic rings. The Hall–Kier alpha value is -1.82. The van der Waals surface area contributed by atoms with Gasteiger partial charge in [-0.15, -0.1) is 5.10 Å². The third-order valence-electron chi connectivity index (χ3n) is 4.85. The topological polar surface area (TPSA) is 146 Å². The lowest BCUT2D eigenvalue weighted by molar-refractivity contribution is -0.230. The standard InChI is InChI=1S/C18H28N4O6/c23-10-15-17(25)18(26)16(24)14(28-15)5-1-2-7-27-11-13-9-22(21-20-13)8-12-4-3-6-19-12/h3-4,6,9,14-19,23-26H,1-2,5,7-8,10-11H2. The summed E-state index contributed by atoms with van der Waals surface area (Å²) in [7, 11) is 0. The fraction of sp³-hybridized carbons (Fsp3) is 0.667. The molecular weight excluding hydrogens is 368 g/mol. The molecule has 5 unspecified atom stereocenters. The van der Waals surface area contributed by atoms with Gasteiger partial charge >= 0.3 is 0 Å². The number of H-pyrrole nitrogens is 1. The third kappa shape index (κ3) is 5.37. The number of aliphatic hydroxyl groups is 4. The van der Waals surface area contributed by atoms with Gasteiger partial charge in [0.05, 0.1) is 32.1 Å². The largest absolute Gasteiger partial charge is 0.394 e. The van der Waals surface area contributed by atoms with E-state index in [0.29, 0.717) is 32.6 Å². The number of hydrogen-bond donors (Lipinski definition) is 5. The summed E-state index contributed by atoms with van der Waals surface area (Å²) in [5, 5.41) is 46.9. The summed E-state index contributed by atoms with van der Waals surface area (Å²) in [5.41, 5.74) is 1.80. The maximum absolute atomic E-state index is 10.00. The van der Waals surface area contributed by atoms with E-state index in [4.69, 9.17) is 9.47 Å². The molecule has 156 valence electrons. The average molecular weight is 396 g/mol. The predicted molar refractivity (Wildman–Crippen MR) is 97.2 cm³/mol. The molecule has 0 bridgehead atoms. The van der Waals surface area contributed by atoms with Crippen LogP contribution in [0.15, 0.2) is 24.5 Å². The molecule has 1 aliphatic heterocycles. The Morgan fingerprint density at radius 3 is 2.71 bits per heavy atom. The van der Waals surface area contributed by atoms with Crippen LogP contribution in [-0.4, -0.2) is 84.1 Å². The molecule has 0 aromatic carbocycles. The minimum absolute atomic E-state index is 0.366. The maximum atomic E-state index is 10.00. The molecule has 0 saturated carbocycles. The van der Waals surface area contributed by atoms with Gasteiger partial charge in [-0.3, -0.25) is 0 Å². The lowest BCUT2D eigenvalue weighted by Crippen LogP contribution is -2.58. The molecular formula is C18H28N4O6. The number of aromatic nitrogens is 4. The van der Waals surface area contributed by atoms with Gasteiger partial charge in [-0.25, -0.2) is 4.68 Å². The Morgan fingerprint density at radius 2 is 1.96 bits per heavy atom. The number of ether oxygens (including phenoxy) is 2. The molecule has 5 N–H and O–H groups in total. The summed E-state index contributed by atoms with van der Waals surface area (Å²) in [4.78, 5) is 3.11. The van der Waals surface area contributed by atoms with E-state index in [0.717, 1.165) is 17.8 Å². The fourth-order valence-electron chi connectivity index (χ4n) is 3.27. The van der Waals surface area contributed by atoms with E-state index in [1.165, 1.54) is 0 Å². The SMILES string of the molecule is OCC1OC(CCCCOCc2cn(Cc3ccc[nH]3)nn2)C(O)C(O)C1O. The Balaban J connectivity index is 1.31. The van der Waals surface area contributed by atoms with Crippen LogP contribution in [0.2, 0.25) is 0 Å². The monoisotopic (exact) mass is 396 g/mol. The molecule has 0 spiro atoms. The molecule has 5 atom stereocenters. The molecule has 28 heavy (non-hydrogen) atoms. The molecule has 1 saturated heterocycles. The molecule has 0 aliphatic carbocycles. The summed E-state index contributed by atoms with van der Waals surface area (Å²) in [5.74, 6) is 0. The lowest BCUT2D eigenvalue weighted by atomic mass is 9.92. The van der Waals surface area contributed by atoms with Crippen LogP contribution in [0.1, 0.15) is 30.7 Å². The van der Waals surface area contributed by atoms with Crippen LogP contribution in [0.5, 0.6) is 0 Å². The highest BCUT2D eigenvalue weighted by atomic mass is 16.5. The second kappa shape index (κ2) is 10.1. The molecule has 0 radical (unpaired) electrons. The van der Waals surface area contributed by atoms with Gasteiger partial charge in [-0.05, 0) is 31.4 Å². The quantitative estimate of drug-likeness (QED) is 0.328. The van der Waals surface area contributed by atoms with Crippen molar-refractivity contribution < 1.29 is 29.9 Å². The van der Waals surface area contributed by atoms with Gasteiger partial charge < -0.3 is 34.9 Å². The van der Waals surface area contributed by atoms with E-state index in [1.807, 2.05) is 24.5 Å². The number of aromatic amines is 1. The average Bonchev–Trinajstić information content (AvgIpc) is 3.37. The smallest absolute Gasteiger partial charge is 0.111 e. The first kappa shape index (κ1) is 20.9. The zero-order valence-electron chi connectivity index (χ0n) is 15.6. The van der Waals surface area contributed by atoms with Crippen molar-refractivity contribution in [3.8, 4) is 0 Å². The summed E-state index contributed by atoms with van der Waals surface area (Å²) in [6.07, 6.45) is 0.371. The van der Waals surface area contributed by atoms with Crippen molar-refractivity contribution in [3.05, 3.63) is 35.9 Å². The van der Waals surface area contributed by atoms with Crippen LogP contribution in [0.25, 0.3) is 0 Å². The van der Waals surface area contributed by atoms with Crippen LogP contribution in [0.4, 0.5) is 0 Å². The number of aliphatic hydroxyl groups excluding tert-OH is 4. The molecule has 2 aromatic heterocycles. The van der Waals surface area contributed by atoms with Gasteiger partial charge in [0.1, 0.15) is 30.1 Å². The first-order valence-corrected chi connectivity index (χ1v) is 9.48. The van der Waals surface area contributed by atoms with Crippen LogP contribution in [0, 0.1) is 0 Å². The second-order valence-corrected chi connectivity index (χ2v) is 7.02. The fourth-order valence-corrected chi connectivity index (χ4v) is 3.27. The summed E-state index contributed by atoms with van der Waals surface area (Å²) >= 11 is 0. The number of rotatable bonds is 10. The third-order valence-corrected chi connectivity index (χ3v) is 4.85. The molecule has 1 aliphatic rings. The van der Waals surface area contributed by atoms with E-state index in [9.17, 15) is 20.4 Å². The molecule has 1 fully saturated rings. The highest BCUT2D eigenvalue weighted by molar-refractivity contribution is 5.04. The van der Waals surface area contributed by atoms with Gasteiger partial charge in [0.2, 0.25) is 0 Å². The van der Waals surface area contributed by atoms with Crippen molar-refractivity contribution in [1.29, 1.82) is 0 Å². The lowest BCUT2D eigenvalue weighted by Gasteiger charge is -2.40. The van der Waals surface area contributed by atoms with Crippen LogP contribution in [0.3, 0.4) is 0 Å². The molecule has 0 amide bonds. The first-order chi connectivity index (χ1) is 13.6. The van der Waals surface area contributed by atoms with Gasteiger partial charge in [0, 0.05) is 18.5 Å². The van der Waals surface area contributed by atoms with Crippen molar-refractivity contribution in [1.82, 2.24) is 20.0 Å². The van der Waals surface area contributed by atoms with E-state index in [-0.39, 0.29) is 0 Å². The Morgan fingerprint density at radius 1 is 1.14 bits per heavy atom. The number of unbranched alkanes of at least 4 members (excludes halogenated alkanes) is 1. The Kier molecular flexibility index (Phi) is 7.54. The van der Waals surface area contributed by atoms with Crippen molar-refractivity contribution in [2.45, 2.75) is 62.9 Å². The zero-order valence-corrected chi connectivity index (χ0v) is 15.6. The van der Waals surface area contributed by atoms with Crippen molar-refractivity contribution in [2.75, 3.05) is 13.2 Å². The van der Waals surface area contributed by atoms with Crippen molar-refractivity contribution >= 4 is 0 Å². The minimum Gasteiger partial charge on any atom is -0.394 e. The van der Waals surface area contributed by atoms with Gasteiger partial charge in [-0.1, -0.05) is 5.21 Å².